The first kappa shape index (κ1) is 10.9. The van der Waals surface area contributed by atoms with E-state index in [2.05, 4.69) is 6.92 Å². The monoisotopic (exact) mass is 234 g/mol. The number of hydrogen-bond acceptors (Lipinski definition) is 3. The lowest BCUT2D eigenvalue weighted by Gasteiger charge is -2.38. The summed E-state index contributed by atoms with van der Waals surface area (Å²) in [6, 6.07) is 5.65. The van der Waals surface area contributed by atoms with E-state index in [1.165, 1.54) is 12.8 Å². The van der Waals surface area contributed by atoms with Crippen LogP contribution in [0.3, 0.4) is 0 Å². The van der Waals surface area contributed by atoms with Gasteiger partial charge < -0.3 is 14.6 Å². The van der Waals surface area contributed by atoms with E-state index in [1.807, 2.05) is 18.2 Å². The summed E-state index contributed by atoms with van der Waals surface area (Å²) in [6.45, 7) is 2.11. The topological polar surface area (TPSA) is 38.7 Å². The number of ether oxygens (including phenoxy) is 2. The van der Waals surface area contributed by atoms with Crippen LogP contribution in [0.5, 0.6) is 11.5 Å². The van der Waals surface area contributed by atoms with Crippen LogP contribution >= 0.6 is 0 Å². The van der Waals surface area contributed by atoms with Gasteiger partial charge in [0.25, 0.3) is 0 Å². The molecule has 1 fully saturated rings. The highest BCUT2D eigenvalue weighted by molar-refractivity contribution is 5.43. The molecule has 92 valence electrons. The molecule has 0 bridgehead atoms. The molecule has 3 heteroatoms. The predicted octanol–water partition coefficient (Wildman–Crippen LogP) is 2.68. The van der Waals surface area contributed by atoms with Crippen LogP contribution in [0.4, 0.5) is 0 Å². The number of benzene rings is 1. The van der Waals surface area contributed by atoms with Crippen LogP contribution in [0.2, 0.25) is 0 Å². The lowest BCUT2D eigenvalue weighted by Crippen LogP contribution is -2.40. The Balaban J connectivity index is 1.96. The molecule has 1 saturated carbocycles. The van der Waals surface area contributed by atoms with Crippen molar-refractivity contribution in [2.45, 2.75) is 37.9 Å². The fourth-order valence-corrected chi connectivity index (χ4v) is 2.74. The van der Waals surface area contributed by atoms with E-state index in [-0.39, 0.29) is 5.60 Å². The van der Waals surface area contributed by atoms with Gasteiger partial charge >= 0.3 is 0 Å². The van der Waals surface area contributed by atoms with E-state index in [9.17, 15) is 5.11 Å². The summed E-state index contributed by atoms with van der Waals surface area (Å²) >= 11 is 0. The molecular weight excluding hydrogens is 216 g/mol. The van der Waals surface area contributed by atoms with Gasteiger partial charge in [0.2, 0.25) is 0 Å². The maximum absolute atomic E-state index is 10.3. The standard InChI is InChI=1S/C14H18O3/c1-14(9-3-4-9)8-12(15)11-7-10(16-2)5-6-13(11)17-14/h5-7,9,12,15H,3-4,8H2,1-2H3/t12-,14?/m0/s1. The number of fused-ring (bicyclic) bond motifs is 1. The molecule has 2 atom stereocenters. The zero-order valence-electron chi connectivity index (χ0n) is 10.3. The predicted molar refractivity (Wildman–Crippen MR) is 64.3 cm³/mol. The van der Waals surface area contributed by atoms with E-state index < -0.39 is 6.10 Å². The van der Waals surface area contributed by atoms with Gasteiger partial charge in [0.1, 0.15) is 17.1 Å². The molecule has 0 spiro atoms. The molecular formula is C14H18O3. The molecule has 1 aliphatic carbocycles. The lowest BCUT2D eigenvalue weighted by molar-refractivity contribution is -0.0167. The molecule has 17 heavy (non-hydrogen) atoms. The van der Waals surface area contributed by atoms with Gasteiger partial charge in [0.15, 0.2) is 0 Å². The van der Waals surface area contributed by atoms with Crippen molar-refractivity contribution in [1.82, 2.24) is 0 Å². The molecule has 0 saturated heterocycles. The Hall–Kier alpha value is -1.22. The molecule has 1 heterocycles. The summed E-state index contributed by atoms with van der Waals surface area (Å²) in [4.78, 5) is 0. The van der Waals surface area contributed by atoms with Crippen LogP contribution in [-0.2, 0) is 0 Å². The van der Waals surface area contributed by atoms with E-state index in [0.29, 0.717) is 12.3 Å². The zero-order valence-corrected chi connectivity index (χ0v) is 10.3. The average Bonchev–Trinajstić information content (AvgIpc) is 3.12. The molecule has 0 radical (unpaired) electrons. The fourth-order valence-electron chi connectivity index (χ4n) is 2.74. The van der Waals surface area contributed by atoms with Gasteiger partial charge in [0.05, 0.1) is 13.2 Å². The van der Waals surface area contributed by atoms with E-state index in [1.54, 1.807) is 7.11 Å². The highest BCUT2D eigenvalue weighted by atomic mass is 16.5. The minimum atomic E-state index is -0.445. The number of aliphatic hydroxyl groups excluding tert-OH is 1. The van der Waals surface area contributed by atoms with Crippen LogP contribution in [0.15, 0.2) is 18.2 Å². The third kappa shape index (κ3) is 1.78. The Morgan fingerprint density at radius 3 is 2.82 bits per heavy atom. The average molecular weight is 234 g/mol. The Morgan fingerprint density at radius 2 is 2.18 bits per heavy atom. The van der Waals surface area contributed by atoms with Crippen LogP contribution in [0.1, 0.15) is 37.9 Å². The van der Waals surface area contributed by atoms with Gasteiger partial charge in [-0.15, -0.1) is 0 Å². The van der Waals surface area contributed by atoms with E-state index >= 15 is 0 Å². The summed E-state index contributed by atoms with van der Waals surface area (Å²) in [5.41, 5.74) is 0.656. The molecule has 1 aromatic rings. The summed E-state index contributed by atoms with van der Waals surface area (Å²) in [5, 5.41) is 10.3. The molecule has 0 aromatic heterocycles. The van der Waals surface area contributed by atoms with Gasteiger partial charge in [-0.2, -0.15) is 0 Å². The van der Waals surface area contributed by atoms with Crippen LogP contribution < -0.4 is 9.47 Å². The molecule has 3 rings (SSSR count). The maximum Gasteiger partial charge on any atom is 0.126 e. The number of aliphatic hydroxyl groups is 1. The summed E-state index contributed by atoms with van der Waals surface area (Å²) in [5.74, 6) is 2.17. The lowest BCUT2D eigenvalue weighted by atomic mass is 9.86. The Kier molecular flexibility index (Phi) is 2.33. The second-order valence-electron chi connectivity index (χ2n) is 5.31. The van der Waals surface area contributed by atoms with Crippen LogP contribution in [0, 0.1) is 5.92 Å². The maximum atomic E-state index is 10.3. The molecule has 1 aliphatic heterocycles. The molecule has 0 amide bonds. The quantitative estimate of drug-likeness (QED) is 0.855. The van der Waals surface area contributed by atoms with Crippen molar-refractivity contribution >= 4 is 0 Å². The van der Waals surface area contributed by atoms with Crippen molar-refractivity contribution in [2.24, 2.45) is 5.92 Å². The highest BCUT2D eigenvalue weighted by Gasteiger charge is 2.47. The summed E-state index contributed by atoms with van der Waals surface area (Å²) in [7, 11) is 1.63. The van der Waals surface area contributed by atoms with Crippen LogP contribution in [-0.4, -0.2) is 17.8 Å². The first-order valence-electron chi connectivity index (χ1n) is 6.17. The molecule has 3 nitrogen and oxygen atoms in total. The van der Waals surface area contributed by atoms with Crippen molar-refractivity contribution in [3.8, 4) is 11.5 Å². The van der Waals surface area contributed by atoms with Crippen molar-refractivity contribution < 1.29 is 14.6 Å². The SMILES string of the molecule is COc1ccc2c(c1)[C@@H](O)CC(C)(C1CC1)O2. The Bertz CT molecular complexity index is 439. The smallest absolute Gasteiger partial charge is 0.126 e. The fraction of sp³-hybridized carbons (Fsp3) is 0.571. The minimum Gasteiger partial charge on any atom is -0.497 e. The van der Waals surface area contributed by atoms with E-state index in [0.717, 1.165) is 17.1 Å². The second kappa shape index (κ2) is 3.64. The summed E-state index contributed by atoms with van der Waals surface area (Å²) in [6.07, 6.45) is 2.67. The van der Waals surface area contributed by atoms with Crippen molar-refractivity contribution in [2.75, 3.05) is 7.11 Å². The van der Waals surface area contributed by atoms with Gasteiger partial charge in [-0.1, -0.05) is 0 Å². The molecule has 1 N–H and O–H groups in total. The molecule has 2 aliphatic rings. The zero-order chi connectivity index (χ0) is 12.0. The third-order valence-electron chi connectivity index (χ3n) is 3.96. The van der Waals surface area contributed by atoms with Crippen molar-refractivity contribution in [3.63, 3.8) is 0 Å². The molecule has 1 unspecified atom stereocenters. The normalized spacial score (nSPS) is 31.6. The second-order valence-corrected chi connectivity index (χ2v) is 5.31. The summed E-state index contributed by atoms with van der Waals surface area (Å²) < 4.78 is 11.3. The molecule has 1 aromatic carbocycles. The number of rotatable bonds is 2. The first-order valence-corrected chi connectivity index (χ1v) is 6.17. The van der Waals surface area contributed by atoms with Crippen molar-refractivity contribution in [1.29, 1.82) is 0 Å². The number of methoxy groups -OCH3 is 1. The Labute approximate surface area is 101 Å². The van der Waals surface area contributed by atoms with Gasteiger partial charge in [-0.3, -0.25) is 0 Å². The van der Waals surface area contributed by atoms with E-state index in [4.69, 9.17) is 9.47 Å². The largest absolute Gasteiger partial charge is 0.497 e. The third-order valence-corrected chi connectivity index (χ3v) is 3.96. The minimum absolute atomic E-state index is 0.193. The Morgan fingerprint density at radius 1 is 1.41 bits per heavy atom. The van der Waals surface area contributed by atoms with Gasteiger partial charge in [-0.05, 0) is 43.9 Å². The van der Waals surface area contributed by atoms with Gasteiger partial charge in [0, 0.05) is 12.0 Å². The van der Waals surface area contributed by atoms with Gasteiger partial charge in [-0.25, -0.2) is 0 Å². The van der Waals surface area contributed by atoms with Crippen LogP contribution in [0.25, 0.3) is 0 Å². The first-order chi connectivity index (χ1) is 8.12. The number of hydrogen-bond donors (Lipinski definition) is 1. The highest BCUT2D eigenvalue weighted by Crippen LogP contribution is 2.50. The van der Waals surface area contributed by atoms with Crippen molar-refractivity contribution in [3.05, 3.63) is 23.8 Å².